The Morgan fingerprint density at radius 2 is 2.00 bits per heavy atom. The van der Waals surface area contributed by atoms with Gasteiger partial charge in [0.1, 0.15) is 5.82 Å². The van der Waals surface area contributed by atoms with Gasteiger partial charge >= 0.3 is 0 Å². The molecule has 2 aromatic heterocycles. The monoisotopic (exact) mass is 449 g/mol. The highest BCUT2D eigenvalue weighted by molar-refractivity contribution is 7.98. The van der Waals surface area contributed by atoms with Gasteiger partial charge in [-0.1, -0.05) is 18.3 Å². The Bertz CT molecular complexity index is 996. The van der Waals surface area contributed by atoms with E-state index >= 15 is 0 Å². The number of fused-ring (bicyclic) bond motifs is 1. The molecule has 0 radical (unpaired) electrons. The molecule has 1 aromatic carbocycles. The maximum Gasteiger partial charge on any atom is 0.254 e. The number of hydrogen-bond donors (Lipinski definition) is 4. The van der Waals surface area contributed by atoms with Crippen LogP contribution in [0.4, 0.5) is 15.5 Å². The Hall–Kier alpha value is -2.50. The average Bonchev–Trinajstić information content (AvgIpc) is 3.15. The van der Waals surface area contributed by atoms with Crippen LogP contribution in [0.3, 0.4) is 0 Å². The van der Waals surface area contributed by atoms with Gasteiger partial charge in [-0.2, -0.15) is 0 Å². The molecule has 30 heavy (non-hydrogen) atoms. The molecule has 0 aliphatic rings. The quantitative estimate of drug-likeness (QED) is 0.349. The fourth-order valence-electron chi connectivity index (χ4n) is 2.59. The molecule has 0 fully saturated rings. The number of thiazole rings is 1. The van der Waals surface area contributed by atoms with Gasteiger partial charge in [-0.15, -0.1) is 11.8 Å². The number of carbonyl (C=O) groups excluding carboxylic acids is 1. The third kappa shape index (κ3) is 5.77. The predicted octanol–water partition coefficient (Wildman–Crippen LogP) is 2.80. The van der Waals surface area contributed by atoms with Crippen LogP contribution >= 0.6 is 23.1 Å². The summed E-state index contributed by atoms with van der Waals surface area (Å²) in [6.45, 7) is 4.04. The maximum absolute atomic E-state index is 14.3. The molecular weight excluding hydrogens is 425 g/mol. The molecule has 0 saturated carbocycles. The first kappa shape index (κ1) is 22.2. The third-order valence-electron chi connectivity index (χ3n) is 4.23. The number of rotatable bonds is 10. The number of benzene rings is 1. The van der Waals surface area contributed by atoms with Crippen LogP contribution in [-0.2, 0) is 0 Å². The molecule has 1 atom stereocenters. The molecule has 0 unspecified atom stereocenters. The van der Waals surface area contributed by atoms with Crippen molar-refractivity contribution in [1.29, 1.82) is 0 Å². The number of carbonyl (C=O) groups is 1. The Labute approximate surface area is 182 Å². The van der Waals surface area contributed by atoms with Gasteiger partial charge in [0.25, 0.3) is 5.91 Å². The van der Waals surface area contributed by atoms with Gasteiger partial charge in [0.2, 0.25) is 5.95 Å². The van der Waals surface area contributed by atoms with E-state index in [1.165, 1.54) is 23.5 Å². The minimum absolute atomic E-state index is 0.00351. The van der Waals surface area contributed by atoms with Crippen molar-refractivity contribution in [2.45, 2.75) is 11.8 Å². The number of nitrogens with zero attached hydrogens (tertiary/aromatic N) is 3. The van der Waals surface area contributed by atoms with Crippen molar-refractivity contribution in [3.8, 4) is 0 Å². The van der Waals surface area contributed by atoms with E-state index in [-0.39, 0.29) is 11.5 Å². The zero-order valence-corrected chi connectivity index (χ0v) is 18.4. The lowest BCUT2D eigenvalue weighted by Gasteiger charge is -2.13. The summed E-state index contributed by atoms with van der Waals surface area (Å²) in [5, 5.41) is 9.74. The minimum atomic E-state index is -0.598. The number of anilines is 2. The molecule has 0 aliphatic carbocycles. The molecule has 0 aliphatic heterocycles. The number of nitrogens with two attached hydrogens (primary N) is 1. The van der Waals surface area contributed by atoms with E-state index in [0.29, 0.717) is 42.8 Å². The molecule has 11 heteroatoms. The van der Waals surface area contributed by atoms with Gasteiger partial charge < -0.3 is 21.7 Å². The van der Waals surface area contributed by atoms with E-state index < -0.39 is 11.7 Å². The second kappa shape index (κ2) is 10.5. The highest BCUT2D eigenvalue weighted by Gasteiger charge is 2.15. The minimum Gasteiger partial charge on any atom is -0.361 e. The van der Waals surface area contributed by atoms with Crippen LogP contribution in [0.25, 0.3) is 10.2 Å². The van der Waals surface area contributed by atoms with Crippen molar-refractivity contribution < 1.29 is 9.18 Å². The van der Waals surface area contributed by atoms with Crippen molar-refractivity contribution in [3.63, 3.8) is 0 Å². The lowest BCUT2D eigenvalue weighted by molar-refractivity contribution is 0.0951. The predicted molar refractivity (Wildman–Crippen MR) is 121 cm³/mol. The van der Waals surface area contributed by atoms with Crippen molar-refractivity contribution >= 4 is 50.3 Å². The molecule has 3 rings (SSSR count). The van der Waals surface area contributed by atoms with Crippen LogP contribution in [0.1, 0.15) is 17.3 Å². The standard InChI is InChI=1S/C19H24FN7OS2/c1-11(7-23-18-24-9-12(29-2)10-25-18)8-26-19-27-15-6-14(20)13(5-16(15)30-19)17(28)22-4-3-21/h5-6,9-11H,3-4,7-8,21H2,1-2H3,(H,22,28)(H,26,27)(H,23,24,25)/t11-/m0/s1. The topological polar surface area (TPSA) is 118 Å². The highest BCUT2D eigenvalue weighted by atomic mass is 32.2. The summed E-state index contributed by atoms with van der Waals surface area (Å²) in [6.07, 6.45) is 5.55. The molecule has 8 nitrogen and oxygen atoms in total. The van der Waals surface area contributed by atoms with Gasteiger partial charge in [0.05, 0.1) is 15.8 Å². The number of nitrogens with one attached hydrogen (secondary N) is 3. The second-order valence-electron chi connectivity index (χ2n) is 6.68. The molecule has 0 bridgehead atoms. The van der Waals surface area contributed by atoms with Crippen molar-refractivity contribution in [2.75, 3.05) is 43.1 Å². The van der Waals surface area contributed by atoms with E-state index in [1.807, 2.05) is 6.26 Å². The Kier molecular flexibility index (Phi) is 7.77. The Morgan fingerprint density at radius 3 is 2.70 bits per heavy atom. The summed E-state index contributed by atoms with van der Waals surface area (Å²) in [6, 6.07) is 2.81. The zero-order chi connectivity index (χ0) is 21.5. The van der Waals surface area contributed by atoms with Crippen molar-refractivity contribution in [1.82, 2.24) is 20.3 Å². The fraction of sp³-hybridized carbons (Fsp3) is 0.368. The summed E-state index contributed by atoms with van der Waals surface area (Å²) in [5.74, 6) is -0.208. The van der Waals surface area contributed by atoms with Gasteiger partial charge in [-0.05, 0) is 18.2 Å². The lowest BCUT2D eigenvalue weighted by atomic mass is 10.2. The van der Waals surface area contributed by atoms with E-state index in [4.69, 9.17) is 5.73 Å². The Morgan fingerprint density at radius 1 is 1.27 bits per heavy atom. The van der Waals surface area contributed by atoms with Crippen LogP contribution in [0.15, 0.2) is 29.4 Å². The molecule has 5 N–H and O–H groups in total. The largest absolute Gasteiger partial charge is 0.361 e. The van der Waals surface area contributed by atoms with E-state index in [2.05, 4.69) is 37.8 Å². The van der Waals surface area contributed by atoms with Crippen LogP contribution in [0.2, 0.25) is 0 Å². The summed E-state index contributed by atoms with van der Waals surface area (Å²) < 4.78 is 15.0. The molecule has 0 spiro atoms. The molecule has 3 aromatic rings. The van der Waals surface area contributed by atoms with Gasteiger partial charge in [0, 0.05) is 49.5 Å². The summed E-state index contributed by atoms with van der Waals surface area (Å²) in [4.78, 5) is 26.0. The van der Waals surface area contributed by atoms with Gasteiger partial charge in [0.15, 0.2) is 5.13 Å². The van der Waals surface area contributed by atoms with E-state index in [1.54, 1.807) is 24.2 Å². The number of hydrogen-bond acceptors (Lipinski definition) is 9. The SMILES string of the molecule is CSc1cnc(NC[C@H](C)CNc2nc3cc(F)c(C(=O)NCCN)cc3s2)nc1. The first-order valence-corrected chi connectivity index (χ1v) is 11.5. The first-order valence-electron chi connectivity index (χ1n) is 9.42. The molecule has 160 valence electrons. The first-order chi connectivity index (χ1) is 14.5. The maximum atomic E-state index is 14.3. The zero-order valence-electron chi connectivity index (χ0n) is 16.7. The molecule has 0 saturated heterocycles. The fourth-order valence-corrected chi connectivity index (χ4v) is 3.80. The van der Waals surface area contributed by atoms with Crippen LogP contribution in [-0.4, -0.2) is 53.3 Å². The third-order valence-corrected chi connectivity index (χ3v) is 5.88. The molecular formula is C19H24FN7OS2. The lowest BCUT2D eigenvalue weighted by Crippen LogP contribution is -2.29. The van der Waals surface area contributed by atoms with Crippen molar-refractivity contribution in [3.05, 3.63) is 35.9 Å². The van der Waals surface area contributed by atoms with Crippen LogP contribution in [0.5, 0.6) is 0 Å². The number of thioether (sulfide) groups is 1. The van der Waals surface area contributed by atoms with E-state index in [9.17, 15) is 9.18 Å². The molecule has 1 amide bonds. The average molecular weight is 450 g/mol. The number of halogens is 1. The number of aromatic nitrogens is 3. The van der Waals surface area contributed by atoms with Gasteiger partial charge in [-0.25, -0.2) is 19.3 Å². The smallest absolute Gasteiger partial charge is 0.254 e. The van der Waals surface area contributed by atoms with E-state index in [0.717, 1.165) is 9.60 Å². The Balaban J connectivity index is 1.56. The number of amides is 1. The normalized spacial score (nSPS) is 12.0. The summed E-state index contributed by atoms with van der Waals surface area (Å²) >= 11 is 2.98. The molecule has 2 heterocycles. The summed E-state index contributed by atoms with van der Waals surface area (Å²) in [5.41, 5.74) is 5.89. The second-order valence-corrected chi connectivity index (χ2v) is 8.59. The highest BCUT2D eigenvalue weighted by Crippen LogP contribution is 2.28. The summed E-state index contributed by atoms with van der Waals surface area (Å²) in [7, 11) is 0. The van der Waals surface area contributed by atoms with Crippen LogP contribution < -0.4 is 21.7 Å². The van der Waals surface area contributed by atoms with Crippen molar-refractivity contribution in [2.24, 2.45) is 11.7 Å². The van der Waals surface area contributed by atoms with Gasteiger partial charge in [-0.3, -0.25) is 4.79 Å². The van der Waals surface area contributed by atoms with Crippen LogP contribution in [0, 0.1) is 11.7 Å².